The van der Waals surface area contributed by atoms with Gasteiger partial charge in [0.2, 0.25) is 5.82 Å². The zero-order valence-electron chi connectivity index (χ0n) is 10.8. The lowest BCUT2D eigenvalue weighted by atomic mass is 10.2. The summed E-state index contributed by atoms with van der Waals surface area (Å²) >= 11 is 0. The highest BCUT2D eigenvalue weighted by molar-refractivity contribution is 5.94. The number of carbonyl (C=O) groups excluding carboxylic acids is 1. The van der Waals surface area contributed by atoms with E-state index in [1.807, 2.05) is 0 Å². The van der Waals surface area contributed by atoms with Crippen LogP contribution in [0.1, 0.15) is 16.2 Å². The van der Waals surface area contributed by atoms with Crippen molar-refractivity contribution >= 4 is 5.91 Å². The summed E-state index contributed by atoms with van der Waals surface area (Å²) in [4.78, 5) is 16.0. The van der Waals surface area contributed by atoms with E-state index in [4.69, 9.17) is 4.42 Å². The van der Waals surface area contributed by atoms with Gasteiger partial charge in [0.1, 0.15) is 11.6 Å². The van der Waals surface area contributed by atoms with E-state index in [2.05, 4.69) is 20.5 Å². The van der Waals surface area contributed by atoms with Gasteiger partial charge in [-0.05, 0) is 36.4 Å². The van der Waals surface area contributed by atoms with Crippen LogP contribution in [0, 0.1) is 5.82 Å². The third kappa shape index (κ3) is 2.97. The first-order chi connectivity index (χ1) is 10.2. The highest BCUT2D eigenvalue weighted by Crippen LogP contribution is 2.14. The lowest BCUT2D eigenvalue weighted by Crippen LogP contribution is -2.23. The van der Waals surface area contributed by atoms with Crippen LogP contribution in [0.5, 0.6) is 0 Å². The average molecular weight is 286 g/mol. The minimum atomic E-state index is -0.384. The Hall–Kier alpha value is -2.96. The molecule has 3 rings (SSSR count). The maximum atomic E-state index is 12.8. The molecule has 1 aromatic carbocycles. The predicted molar refractivity (Wildman–Crippen MR) is 71.7 cm³/mol. The molecular weight excluding hydrogens is 275 g/mol. The quantitative estimate of drug-likeness (QED) is 0.769. The Morgan fingerprint density at radius 2 is 2.10 bits per heavy atom. The maximum absolute atomic E-state index is 12.8. The van der Waals surface area contributed by atoms with Crippen molar-refractivity contribution in [3.63, 3.8) is 0 Å². The molecule has 106 valence electrons. The number of carbonyl (C=O) groups is 1. The molecule has 0 spiro atoms. The summed E-state index contributed by atoms with van der Waals surface area (Å²) in [6.45, 7) is 0.184. The van der Waals surface area contributed by atoms with Crippen molar-refractivity contribution < 1.29 is 13.6 Å². The first kappa shape index (κ1) is 13.0. The molecule has 0 atom stereocenters. The second-order valence-corrected chi connectivity index (χ2v) is 4.27. The van der Waals surface area contributed by atoms with Gasteiger partial charge in [0.05, 0.1) is 12.8 Å². The van der Waals surface area contributed by atoms with Crippen LogP contribution in [0.4, 0.5) is 4.39 Å². The highest BCUT2D eigenvalue weighted by atomic mass is 19.1. The van der Waals surface area contributed by atoms with Gasteiger partial charge < -0.3 is 9.73 Å². The number of rotatable bonds is 4. The molecule has 7 heteroatoms. The third-order valence-electron chi connectivity index (χ3n) is 2.80. The Bertz CT molecular complexity index is 735. The number of aromatic nitrogens is 3. The first-order valence-corrected chi connectivity index (χ1v) is 6.21. The van der Waals surface area contributed by atoms with Gasteiger partial charge in [0.25, 0.3) is 5.91 Å². The van der Waals surface area contributed by atoms with Crippen molar-refractivity contribution in [2.75, 3.05) is 0 Å². The zero-order chi connectivity index (χ0) is 14.7. The average Bonchev–Trinajstić information content (AvgIpc) is 3.16. The van der Waals surface area contributed by atoms with Gasteiger partial charge in [0, 0.05) is 5.56 Å². The van der Waals surface area contributed by atoms with E-state index in [1.165, 1.54) is 30.5 Å². The van der Waals surface area contributed by atoms with E-state index in [1.54, 1.807) is 12.1 Å². The largest absolute Gasteiger partial charge is 0.461 e. The Morgan fingerprint density at radius 1 is 1.29 bits per heavy atom. The molecule has 2 N–H and O–H groups in total. The smallest absolute Gasteiger partial charge is 0.251 e. The molecule has 0 unspecified atom stereocenters. The van der Waals surface area contributed by atoms with Gasteiger partial charge in [-0.15, -0.1) is 5.10 Å². The van der Waals surface area contributed by atoms with Gasteiger partial charge in [0.15, 0.2) is 5.76 Å². The summed E-state index contributed by atoms with van der Waals surface area (Å²) in [6.07, 6.45) is 1.53. The summed E-state index contributed by atoms with van der Waals surface area (Å²) in [5, 5.41) is 9.37. The van der Waals surface area contributed by atoms with Gasteiger partial charge in [-0.1, -0.05) is 0 Å². The summed E-state index contributed by atoms with van der Waals surface area (Å²) in [5.41, 5.74) is 0.377. The van der Waals surface area contributed by atoms with Crippen molar-refractivity contribution in [1.82, 2.24) is 20.5 Å². The summed E-state index contributed by atoms with van der Waals surface area (Å²) in [5.74, 6) is 0.765. The number of halogens is 1. The van der Waals surface area contributed by atoms with Crippen LogP contribution in [0.15, 0.2) is 47.1 Å². The van der Waals surface area contributed by atoms with Gasteiger partial charge in [-0.2, -0.15) is 0 Å². The Morgan fingerprint density at radius 3 is 2.81 bits per heavy atom. The molecule has 3 aromatic rings. The van der Waals surface area contributed by atoms with Gasteiger partial charge in [-0.3, -0.25) is 9.89 Å². The van der Waals surface area contributed by atoms with Crippen LogP contribution in [0.25, 0.3) is 11.6 Å². The Kier molecular flexibility index (Phi) is 3.46. The number of amides is 1. The Balaban J connectivity index is 1.62. The summed E-state index contributed by atoms with van der Waals surface area (Å²) < 4.78 is 17.9. The molecule has 0 fully saturated rings. The highest BCUT2D eigenvalue weighted by Gasteiger charge is 2.10. The van der Waals surface area contributed by atoms with Crippen LogP contribution in [-0.4, -0.2) is 21.1 Å². The standard InChI is InChI=1S/C14H11FN4O2/c15-10-5-3-9(4-6-10)14(20)16-8-12-17-13(19-18-12)11-2-1-7-21-11/h1-7H,8H2,(H,16,20)(H,17,18,19). The molecule has 0 radical (unpaired) electrons. The topological polar surface area (TPSA) is 83.8 Å². The van der Waals surface area contributed by atoms with Crippen molar-refractivity contribution in [2.24, 2.45) is 0 Å². The fourth-order valence-electron chi connectivity index (χ4n) is 1.76. The van der Waals surface area contributed by atoms with E-state index >= 15 is 0 Å². The molecule has 0 saturated carbocycles. The molecular formula is C14H11FN4O2. The maximum Gasteiger partial charge on any atom is 0.251 e. The van der Waals surface area contributed by atoms with Crippen LogP contribution < -0.4 is 5.32 Å². The van der Waals surface area contributed by atoms with Crippen molar-refractivity contribution in [2.45, 2.75) is 6.54 Å². The number of nitrogens with one attached hydrogen (secondary N) is 2. The molecule has 0 aliphatic rings. The van der Waals surface area contributed by atoms with Crippen LogP contribution in [0.2, 0.25) is 0 Å². The van der Waals surface area contributed by atoms with Crippen LogP contribution in [-0.2, 0) is 6.54 Å². The molecule has 0 aliphatic heterocycles. The number of furan rings is 1. The second-order valence-electron chi connectivity index (χ2n) is 4.27. The number of benzene rings is 1. The van der Waals surface area contributed by atoms with Crippen LogP contribution >= 0.6 is 0 Å². The lowest BCUT2D eigenvalue weighted by molar-refractivity contribution is 0.0950. The fraction of sp³-hybridized carbons (Fsp3) is 0.0714. The van der Waals surface area contributed by atoms with Crippen molar-refractivity contribution in [3.8, 4) is 11.6 Å². The number of H-pyrrole nitrogens is 1. The SMILES string of the molecule is O=C(NCc1nc(-c2ccco2)n[nH]1)c1ccc(F)cc1. The lowest BCUT2D eigenvalue weighted by Gasteiger charge is -2.02. The van der Waals surface area contributed by atoms with E-state index in [0.29, 0.717) is 23.0 Å². The predicted octanol–water partition coefficient (Wildman–Crippen LogP) is 2.13. The molecule has 6 nitrogen and oxygen atoms in total. The third-order valence-corrected chi connectivity index (χ3v) is 2.80. The second kappa shape index (κ2) is 5.58. The molecule has 21 heavy (non-hydrogen) atoms. The van der Waals surface area contributed by atoms with Crippen molar-refractivity contribution in [3.05, 3.63) is 59.9 Å². The van der Waals surface area contributed by atoms with E-state index < -0.39 is 0 Å². The fourth-order valence-corrected chi connectivity index (χ4v) is 1.76. The number of aromatic amines is 1. The van der Waals surface area contributed by atoms with E-state index in [9.17, 15) is 9.18 Å². The zero-order valence-corrected chi connectivity index (χ0v) is 10.8. The van der Waals surface area contributed by atoms with Gasteiger partial charge in [-0.25, -0.2) is 9.37 Å². The van der Waals surface area contributed by atoms with Crippen molar-refractivity contribution in [1.29, 1.82) is 0 Å². The molecule has 2 heterocycles. The van der Waals surface area contributed by atoms with E-state index in [0.717, 1.165) is 0 Å². The number of hydrogen-bond donors (Lipinski definition) is 2. The Labute approximate surface area is 119 Å². The molecule has 0 saturated heterocycles. The van der Waals surface area contributed by atoms with Crippen LogP contribution in [0.3, 0.4) is 0 Å². The van der Waals surface area contributed by atoms with E-state index in [-0.39, 0.29) is 18.3 Å². The summed E-state index contributed by atoms with van der Waals surface area (Å²) in [6, 6.07) is 8.78. The molecule has 1 amide bonds. The molecule has 0 bridgehead atoms. The summed E-state index contributed by atoms with van der Waals surface area (Å²) in [7, 11) is 0. The molecule has 2 aromatic heterocycles. The minimum Gasteiger partial charge on any atom is -0.461 e. The first-order valence-electron chi connectivity index (χ1n) is 6.21. The minimum absolute atomic E-state index is 0.184. The monoisotopic (exact) mass is 286 g/mol. The van der Waals surface area contributed by atoms with Gasteiger partial charge >= 0.3 is 0 Å². The number of hydrogen-bond acceptors (Lipinski definition) is 4. The number of nitrogens with zero attached hydrogens (tertiary/aromatic N) is 2. The molecule has 0 aliphatic carbocycles. The normalized spacial score (nSPS) is 10.5.